The van der Waals surface area contributed by atoms with Gasteiger partial charge in [0.25, 0.3) is 0 Å². The molecule has 0 radical (unpaired) electrons. The van der Waals surface area contributed by atoms with Gasteiger partial charge in [-0.2, -0.15) is 0 Å². The first-order valence-electron chi connectivity index (χ1n) is 12.7. The van der Waals surface area contributed by atoms with Crippen LogP contribution < -0.4 is 4.90 Å². The van der Waals surface area contributed by atoms with Crippen LogP contribution in [0.15, 0.2) is 12.1 Å². The summed E-state index contributed by atoms with van der Waals surface area (Å²) in [6.07, 6.45) is 11.3. The SMILES string of the molecule is COC(=O)c1sc(C2=CCC(=O)CC2)cc1N(C(=O)C1CCC(C)CC1)C1CCC(OC)CC1. The van der Waals surface area contributed by atoms with Gasteiger partial charge in [0, 0.05) is 36.8 Å². The number of ketones is 1. The van der Waals surface area contributed by atoms with E-state index in [1.807, 2.05) is 17.0 Å². The number of amides is 1. The number of hydrogen-bond donors (Lipinski definition) is 0. The lowest BCUT2D eigenvalue weighted by molar-refractivity contribution is -0.124. The highest BCUT2D eigenvalue weighted by molar-refractivity contribution is 7.15. The zero-order valence-corrected chi connectivity index (χ0v) is 21.5. The second-order valence-electron chi connectivity index (χ2n) is 10.1. The molecule has 0 bridgehead atoms. The first-order valence-corrected chi connectivity index (χ1v) is 13.5. The first-order chi connectivity index (χ1) is 16.4. The Balaban J connectivity index is 1.71. The van der Waals surface area contributed by atoms with Crippen LogP contribution in [0.5, 0.6) is 0 Å². The average Bonchev–Trinajstić information content (AvgIpc) is 3.29. The highest BCUT2D eigenvalue weighted by Crippen LogP contribution is 2.42. The number of hydrogen-bond acceptors (Lipinski definition) is 6. The summed E-state index contributed by atoms with van der Waals surface area (Å²) >= 11 is 1.39. The van der Waals surface area contributed by atoms with Gasteiger partial charge < -0.3 is 14.4 Å². The lowest BCUT2D eigenvalue weighted by Gasteiger charge is -2.39. The molecule has 0 aromatic carbocycles. The van der Waals surface area contributed by atoms with Crippen molar-refractivity contribution in [1.29, 1.82) is 0 Å². The predicted octanol–water partition coefficient (Wildman–Crippen LogP) is 5.79. The van der Waals surface area contributed by atoms with Gasteiger partial charge in [-0.15, -0.1) is 11.3 Å². The van der Waals surface area contributed by atoms with Crippen molar-refractivity contribution in [2.24, 2.45) is 11.8 Å². The van der Waals surface area contributed by atoms with E-state index in [0.717, 1.165) is 61.8 Å². The van der Waals surface area contributed by atoms with Gasteiger partial charge in [0.05, 0.1) is 18.9 Å². The van der Waals surface area contributed by atoms with E-state index in [0.29, 0.717) is 35.7 Å². The number of esters is 1. The van der Waals surface area contributed by atoms with Gasteiger partial charge in [0.1, 0.15) is 10.7 Å². The molecule has 0 aliphatic heterocycles. The molecule has 186 valence electrons. The lowest BCUT2D eigenvalue weighted by Crippen LogP contribution is -2.47. The molecule has 4 rings (SSSR count). The van der Waals surface area contributed by atoms with Gasteiger partial charge in [-0.1, -0.05) is 13.0 Å². The third-order valence-corrected chi connectivity index (χ3v) is 9.03. The van der Waals surface area contributed by atoms with E-state index in [1.165, 1.54) is 18.4 Å². The molecule has 1 heterocycles. The molecule has 0 unspecified atom stereocenters. The minimum absolute atomic E-state index is 0.00304. The van der Waals surface area contributed by atoms with Crippen LogP contribution in [0, 0.1) is 11.8 Å². The first kappa shape index (κ1) is 25.1. The number of carbonyl (C=O) groups excluding carboxylic acids is 3. The van der Waals surface area contributed by atoms with Crippen molar-refractivity contribution in [3.8, 4) is 0 Å². The summed E-state index contributed by atoms with van der Waals surface area (Å²) in [5.41, 5.74) is 1.78. The normalized spacial score (nSPS) is 27.7. The fourth-order valence-corrected chi connectivity index (χ4v) is 6.77. The third kappa shape index (κ3) is 5.46. The van der Waals surface area contributed by atoms with Crippen molar-refractivity contribution in [1.82, 2.24) is 0 Å². The van der Waals surface area contributed by atoms with Crippen LogP contribution in [0.25, 0.3) is 5.57 Å². The van der Waals surface area contributed by atoms with Gasteiger partial charge in [-0.25, -0.2) is 4.79 Å². The number of nitrogens with zero attached hydrogens (tertiary/aromatic N) is 1. The molecular weight excluding hydrogens is 450 g/mol. The van der Waals surface area contributed by atoms with E-state index in [2.05, 4.69) is 6.92 Å². The molecule has 3 aliphatic rings. The molecule has 0 atom stereocenters. The Kier molecular flexibility index (Phi) is 8.25. The minimum Gasteiger partial charge on any atom is -0.465 e. The predicted molar refractivity (Wildman–Crippen MR) is 134 cm³/mol. The van der Waals surface area contributed by atoms with E-state index >= 15 is 0 Å². The van der Waals surface area contributed by atoms with E-state index in [4.69, 9.17) is 9.47 Å². The Labute approximate surface area is 206 Å². The third-order valence-electron chi connectivity index (χ3n) is 7.85. The van der Waals surface area contributed by atoms with E-state index in [-0.39, 0.29) is 29.8 Å². The molecule has 0 spiro atoms. The molecule has 34 heavy (non-hydrogen) atoms. The summed E-state index contributed by atoms with van der Waals surface area (Å²) in [5.74, 6) is 0.645. The van der Waals surface area contributed by atoms with E-state index in [9.17, 15) is 14.4 Å². The molecule has 1 amide bonds. The number of rotatable bonds is 6. The summed E-state index contributed by atoms with van der Waals surface area (Å²) in [5, 5.41) is 0. The molecule has 6 nitrogen and oxygen atoms in total. The van der Waals surface area contributed by atoms with Gasteiger partial charge in [-0.3, -0.25) is 9.59 Å². The maximum Gasteiger partial charge on any atom is 0.350 e. The smallest absolute Gasteiger partial charge is 0.350 e. The second kappa shape index (κ2) is 11.2. The molecule has 2 saturated carbocycles. The summed E-state index contributed by atoms with van der Waals surface area (Å²) < 4.78 is 10.7. The maximum absolute atomic E-state index is 14.0. The van der Waals surface area contributed by atoms with Crippen LogP contribution in [0.4, 0.5) is 5.69 Å². The topological polar surface area (TPSA) is 72.9 Å². The number of carbonyl (C=O) groups is 3. The number of ether oxygens (including phenoxy) is 2. The van der Waals surface area contributed by atoms with Crippen molar-refractivity contribution >= 4 is 40.3 Å². The van der Waals surface area contributed by atoms with Crippen molar-refractivity contribution in [2.75, 3.05) is 19.1 Å². The molecule has 3 aliphatic carbocycles. The largest absolute Gasteiger partial charge is 0.465 e. The summed E-state index contributed by atoms with van der Waals surface area (Å²) in [6, 6.07) is 2.05. The van der Waals surface area contributed by atoms with Crippen LogP contribution in [0.2, 0.25) is 0 Å². The monoisotopic (exact) mass is 487 g/mol. The van der Waals surface area contributed by atoms with Gasteiger partial charge in [-0.05, 0) is 75.3 Å². The molecule has 2 fully saturated rings. The van der Waals surface area contributed by atoms with Crippen LogP contribution in [0.1, 0.15) is 92.1 Å². The van der Waals surface area contributed by atoms with Crippen LogP contribution in [-0.2, 0) is 19.1 Å². The zero-order chi connectivity index (χ0) is 24.2. The van der Waals surface area contributed by atoms with E-state index in [1.54, 1.807) is 7.11 Å². The van der Waals surface area contributed by atoms with Gasteiger partial charge in [0.2, 0.25) is 5.91 Å². The Morgan fingerprint density at radius 2 is 1.71 bits per heavy atom. The van der Waals surface area contributed by atoms with Gasteiger partial charge >= 0.3 is 5.97 Å². The van der Waals surface area contributed by atoms with Crippen LogP contribution >= 0.6 is 11.3 Å². The fourth-order valence-electron chi connectivity index (χ4n) is 5.63. The number of anilines is 1. The fraction of sp³-hybridized carbons (Fsp3) is 0.667. The second-order valence-corrected chi connectivity index (χ2v) is 11.2. The number of allylic oxidation sites excluding steroid dienone is 2. The Morgan fingerprint density at radius 3 is 2.29 bits per heavy atom. The summed E-state index contributed by atoms with van der Waals surface area (Å²) in [7, 11) is 3.14. The van der Waals surface area contributed by atoms with Crippen molar-refractivity contribution < 1.29 is 23.9 Å². The Hall–Kier alpha value is -1.99. The Morgan fingerprint density at radius 1 is 1.00 bits per heavy atom. The minimum atomic E-state index is -0.403. The number of Topliss-reactive ketones (excluding diaryl/α,β-unsaturated/α-hetero) is 1. The van der Waals surface area contributed by atoms with Crippen molar-refractivity contribution in [3.63, 3.8) is 0 Å². The standard InChI is InChI=1S/C27H37NO5S/c1-17-4-6-19(7-5-17)26(30)28(20-10-14-22(32-2)15-11-20)23-16-24(34-25(23)27(31)33-3)18-8-12-21(29)13-9-18/h8,16-17,19-20,22H,4-7,9-15H2,1-3H3. The lowest BCUT2D eigenvalue weighted by atomic mass is 9.81. The molecule has 1 aromatic rings. The van der Waals surface area contributed by atoms with Crippen LogP contribution in [-0.4, -0.2) is 44.0 Å². The maximum atomic E-state index is 14.0. The molecule has 1 aromatic heterocycles. The molecular formula is C27H37NO5S. The molecule has 0 saturated heterocycles. The van der Waals surface area contributed by atoms with Crippen molar-refractivity contribution in [3.05, 3.63) is 21.9 Å². The highest BCUT2D eigenvalue weighted by Gasteiger charge is 2.38. The molecule has 0 N–H and O–H groups in total. The van der Waals surface area contributed by atoms with E-state index < -0.39 is 5.97 Å². The highest BCUT2D eigenvalue weighted by atomic mass is 32.1. The quantitative estimate of drug-likeness (QED) is 0.475. The number of thiophene rings is 1. The summed E-state index contributed by atoms with van der Waals surface area (Å²) in [6.45, 7) is 2.26. The van der Waals surface area contributed by atoms with Crippen molar-refractivity contribution in [2.45, 2.75) is 89.7 Å². The summed E-state index contributed by atoms with van der Waals surface area (Å²) in [4.78, 5) is 42.0. The zero-order valence-electron chi connectivity index (χ0n) is 20.6. The van der Waals surface area contributed by atoms with Crippen LogP contribution in [0.3, 0.4) is 0 Å². The number of methoxy groups -OCH3 is 2. The Bertz CT molecular complexity index is 935. The average molecular weight is 488 g/mol. The van der Waals surface area contributed by atoms with Gasteiger partial charge in [0.15, 0.2) is 0 Å². The molecule has 7 heteroatoms.